The summed E-state index contributed by atoms with van der Waals surface area (Å²) in [6.45, 7) is 4.10. The molecule has 0 aliphatic rings. The summed E-state index contributed by atoms with van der Waals surface area (Å²) in [6.07, 6.45) is 1.61. The highest BCUT2D eigenvalue weighted by Crippen LogP contribution is 2.28. The molecule has 0 radical (unpaired) electrons. The van der Waals surface area contributed by atoms with E-state index >= 15 is 0 Å². The maximum atomic E-state index is 12.4. The molecule has 166 valence electrons. The van der Waals surface area contributed by atoms with Crippen molar-refractivity contribution in [3.63, 3.8) is 0 Å². The number of benzene rings is 3. The van der Waals surface area contributed by atoms with Gasteiger partial charge in [0, 0.05) is 15.7 Å². The lowest BCUT2D eigenvalue weighted by Crippen LogP contribution is -2.20. The third kappa shape index (κ3) is 5.97. The van der Waals surface area contributed by atoms with Crippen molar-refractivity contribution in [2.45, 2.75) is 19.0 Å². The molecule has 0 bridgehead atoms. The van der Waals surface area contributed by atoms with Crippen LogP contribution < -0.4 is 5.43 Å². The molecule has 1 aromatic heterocycles. The molecular formula is C25H22BrN5OS. The third-order valence-electron chi connectivity index (χ3n) is 4.84. The molecule has 6 nitrogen and oxygen atoms in total. The summed E-state index contributed by atoms with van der Waals surface area (Å²) >= 11 is 4.71. The number of nitrogens with one attached hydrogen (secondary N) is 1. The van der Waals surface area contributed by atoms with Crippen molar-refractivity contribution in [3.05, 3.63) is 94.0 Å². The van der Waals surface area contributed by atoms with Gasteiger partial charge in [0.25, 0.3) is 5.91 Å². The van der Waals surface area contributed by atoms with Crippen LogP contribution in [0.5, 0.6) is 0 Å². The summed E-state index contributed by atoms with van der Waals surface area (Å²) in [6, 6.07) is 24.0. The molecule has 0 saturated carbocycles. The lowest BCUT2D eigenvalue weighted by Gasteiger charge is -2.11. The van der Waals surface area contributed by atoms with Gasteiger partial charge in [-0.05, 0) is 43.7 Å². The predicted molar refractivity (Wildman–Crippen MR) is 137 cm³/mol. The summed E-state index contributed by atoms with van der Waals surface area (Å²) in [5, 5.41) is 13.5. The predicted octanol–water partition coefficient (Wildman–Crippen LogP) is 5.56. The van der Waals surface area contributed by atoms with E-state index in [4.69, 9.17) is 0 Å². The first-order valence-electron chi connectivity index (χ1n) is 10.3. The number of amides is 1. The fraction of sp³-hybridized carbons (Fsp3) is 0.120. The number of hydrogen-bond acceptors (Lipinski definition) is 5. The molecule has 0 saturated heterocycles. The standard InChI is InChI=1S/C25H22BrN5OS/c1-17-3-9-20(10-4-17)24-29-30-25(31(24)22-13-5-18(2)6-14-22)33-16-23(32)28-27-15-19-7-11-21(26)12-8-19/h3-15H,16H2,1-2H3,(H,28,32)/b27-15+. The van der Waals surface area contributed by atoms with Crippen molar-refractivity contribution in [1.29, 1.82) is 0 Å². The highest BCUT2D eigenvalue weighted by atomic mass is 79.9. The van der Waals surface area contributed by atoms with Gasteiger partial charge in [-0.25, -0.2) is 5.43 Å². The van der Waals surface area contributed by atoms with E-state index in [-0.39, 0.29) is 11.7 Å². The first-order valence-corrected chi connectivity index (χ1v) is 12.1. The first kappa shape index (κ1) is 22.9. The minimum absolute atomic E-state index is 0.162. The molecule has 1 heterocycles. The molecule has 4 rings (SSSR count). The van der Waals surface area contributed by atoms with E-state index in [1.54, 1.807) is 6.21 Å². The van der Waals surface area contributed by atoms with Gasteiger partial charge in [0.1, 0.15) is 0 Å². The van der Waals surface area contributed by atoms with Gasteiger partial charge in [-0.15, -0.1) is 10.2 Å². The Kier molecular flexibility index (Phi) is 7.36. The highest BCUT2D eigenvalue weighted by Gasteiger charge is 2.17. The molecule has 4 aromatic rings. The van der Waals surface area contributed by atoms with Crippen molar-refractivity contribution in [2.75, 3.05) is 5.75 Å². The van der Waals surface area contributed by atoms with E-state index < -0.39 is 0 Å². The van der Waals surface area contributed by atoms with E-state index in [0.717, 1.165) is 27.1 Å². The zero-order chi connectivity index (χ0) is 23.2. The fourth-order valence-corrected chi connectivity index (χ4v) is 4.08. The topological polar surface area (TPSA) is 72.2 Å². The maximum absolute atomic E-state index is 12.4. The zero-order valence-corrected chi connectivity index (χ0v) is 20.6. The molecular weight excluding hydrogens is 498 g/mol. The number of hydrogen-bond donors (Lipinski definition) is 1. The summed E-state index contributed by atoms with van der Waals surface area (Å²) in [4.78, 5) is 12.4. The maximum Gasteiger partial charge on any atom is 0.250 e. The Morgan fingerprint density at radius 1 is 0.970 bits per heavy atom. The van der Waals surface area contributed by atoms with Crippen LogP contribution in [0.3, 0.4) is 0 Å². The quantitative estimate of drug-likeness (QED) is 0.197. The Hall–Kier alpha value is -3.23. The van der Waals surface area contributed by atoms with Gasteiger partial charge in [-0.3, -0.25) is 9.36 Å². The van der Waals surface area contributed by atoms with E-state index in [2.05, 4.69) is 36.7 Å². The number of carbonyl (C=O) groups is 1. The van der Waals surface area contributed by atoms with Gasteiger partial charge in [-0.2, -0.15) is 5.10 Å². The number of thioether (sulfide) groups is 1. The lowest BCUT2D eigenvalue weighted by molar-refractivity contribution is -0.118. The van der Waals surface area contributed by atoms with Crippen LogP contribution in [0.25, 0.3) is 17.1 Å². The minimum Gasteiger partial charge on any atom is -0.272 e. The minimum atomic E-state index is -0.219. The van der Waals surface area contributed by atoms with Gasteiger partial charge >= 0.3 is 0 Å². The highest BCUT2D eigenvalue weighted by molar-refractivity contribution is 9.10. The van der Waals surface area contributed by atoms with Gasteiger partial charge in [0.15, 0.2) is 11.0 Å². The number of nitrogens with zero attached hydrogens (tertiary/aromatic N) is 4. The second-order valence-corrected chi connectivity index (χ2v) is 9.33. The molecule has 8 heteroatoms. The Morgan fingerprint density at radius 3 is 2.27 bits per heavy atom. The summed E-state index contributed by atoms with van der Waals surface area (Å²) in [5.74, 6) is 0.675. The number of carbonyl (C=O) groups excluding carboxylic acids is 1. The van der Waals surface area contributed by atoms with Crippen LogP contribution in [-0.4, -0.2) is 32.6 Å². The third-order valence-corrected chi connectivity index (χ3v) is 6.30. The van der Waals surface area contributed by atoms with Crippen LogP contribution in [-0.2, 0) is 4.79 Å². The van der Waals surface area contributed by atoms with Crippen LogP contribution in [0.2, 0.25) is 0 Å². The SMILES string of the molecule is Cc1ccc(-c2nnc(SCC(=O)N/N=C/c3ccc(Br)cc3)n2-c2ccc(C)cc2)cc1. The molecule has 33 heavy (non-hydrogen) atoms. The monoisotopic (exact) mass is 519 g/mol. The van der Waals surface area contributed by atoms with Crippen molar-refractivity contribution in [3.8, 4) is 17.1 Å². The second-order valence-electron chi connectivity index (χ2n) is 7.48. The lowest BCUT2D eigenvalue weighted by atomic mass is 10.1. The summed E-state index contributed by atoms with van der Waals surface area (Å²) in [5.41, 5.74) is 7.71. The smallest absolute Gasteiger partial charge is 0.250 e. The Labute approximate surface area is 205 Å². The molecule has 1 amide bonds. The van der Waals surface area contributed by atoms with Crippen LogP contribution in [0.15, 0.2) is 87.5 Å². The number of rotatable bonds is 7. The molecule has 0 unspecified atom stereocenters. The van der Waals surface area contributed by atoms with E-state index in [1.165, 1.54) is 22.9 Å². The van der Waals surface area contributed by atoms with Gasteiger partial charge in [-0.1, -0.05) is 87.3 Å². The summed E-state index contributed by atoms with van der Waals surface area (Å²) in [7, 11) is 0. The van der Waals surface area contributed by atoms with Crippen molar-refractivity contribution in [1.82, 2.24) is 20.2 Å². The van der Waals surface area contributed by atoms with Crippen LogP contribution >= 0.6 is 27.7 Å². The zero-order valence-electron chi connectivity index (χ0n) is 18.2. The van der Waals surface area contributed by atoms with Crippen LogP contribution in [0.1, 0.15) is 16.7 Å². The fourth-order valence-electron chi connectivity index (χ4n) is 3.07. The number of halogens is 1. The van der Waals surface area contributed by atoms with Crippen molar-refractivity contribution < 1.29 is 4.79 Å². The molecule has 1 N–H and O–H groups in total. The number of aryl methyl sites for hydroxylation is 2. The van der Waals surface area contributed by atoms with E-state index in [1.807, 2.05) is 91.2 Å². The van der Waals surface area contributed by atoms with Gasteiger partial charge in [0.05, 0.1) is 12.0 Å². The van der Waals surface area contributed by atoms with Crippen molar-refractivity contribution >= 4 is 39.8 Å². The molecule has 0 aliphatic carbocycles. The molecule has 3 aromatic carbocycles. The van der Waals surface area contributed by atoms with E-state index in [9.17, 15) is 4.79 Å². The second kappa shape index (κ2) is 10.6. The Bertz CT molecular complexity index is 1270. The molecule has 0 atom stereocenters. The van der Waals surface area contributed by atoms with Gasteiger partial charge < -0.3 is 0 Å². The normalized spacial score (nSPS) is 11.1. The average Bonchev–Trinajstić information content (AvgIpc) is 3.24. The molecule has 0 fully saturated rings. The summed E-state index contributed by atoms with van der Waals surface area (Å²) < 4.78 is 2.97. The first-order chi connectivity index (χ1) is 16.0. The van der Waals surface area contributed by atoms with Gasteiger partial charge in [0.2, 0.25) is 0 Å². The average molecular weight is 520 g/mol. The Morgan fingerprint density at radius 2 is 1.61 bits per heavy atom. The number of aromatic nitrogens is 3. The number of hydrazone groups is 1. The molecule has 0 aliphatic heterocycles. The molecule has 0 spiro atoms. The van der Waals surface area contributed by atoms with E-state index in [0.29, 0.717) is 5.16 Å². The largest absolute Gasteiger partial charge is 0.272 e. The Balaban J connectivity index is 1.51. The van der Waals surface area contributed by atoms with Crippen LogP contribution in [0.4, 0.5) is 0 Å². The van der Waals surface area contributed by atoms with Crippen molar-refractivity contribution in [2.24, 2.45) is 5.10 Å². The van der Waals surface area contributed by atoms with Crippen LogP contribution in [0, 0.1) is 13.8 Å².